The minimum atomic E-state index is -0.446. The molecule has 0 amide bonds. The maximum absolute atomic E-state index is 9.17. The summed E-state index contributed by atoms with van der Waals surface area (Å²) in [4.78, 5) is 1.23. The van der Waals surface area contributed by atoms with Gasteiger partial charge < -0.3 is 0 Å². The SMILES string of the molecule is CCNC(C)(C#N)CSc1ccc(C)c(C)c1. The van der Waals surface area contributed by atoms with Crippen LogP contribution in [0.15, 0.2) is 23.1 Å². The van der Waals surface area contributed by atoms with E-state index in [4.69, 9.17) is 5.26 Å². The Labute approximate surface area is 108 Å². The van der Waals surface area contributed by atoms with Crippen LogP contribution in [0.25, 0.3) is 0 Å². The lowest BCUT2D eigenvalue weighted by Crippen LogP contribution is -2.43. The molecule has 2 nitrogen and oxygen atoms in total. The van der Waals surface area contributed by atoms with Crippen molar-refractivity contribution < 1.29 is 0 Å². The molecule has 1 unspecified atom stereocenters. The molecule has 0 heterocycles. The summed E-state index contributed by atoms with van der Waals surface area (Å²) in [7, 11) is 0. The van der Waals surface area contributed by atoms with Crippen LogP contribution in [-0.2, 0) is 0 Å². The molecule has 1 aromatic rings. The number of benzene rings is 1. The summed E-state index contributed by atoms with van der Waals surface area (Å²) in [6, 6.07) is 8.78. The standard InChI is InChI=1S/C14H20N2S/c1-5-16-14(4,9-15)10-17-13-7-6-11(2)12(3)8-13/h6-8,16H,5,10H2,1-4H3. The van der Waals surface area contributed by atoms with Gasteiger partial charge in [0.1, 0.15) is 5.54 Å². The monoisotopic (exact) mass is 248 g/mol. The molecule has 0 saturated heterocycles. The van der Waals surface area contributed by atoms with Crippen molar-refractivity contribution >= 4 is 11.8 Å². The lowest BCUT2D eigenvalue weighted by Gasteiger charge is -2.22. The molecule has 92 valence electrons. The highest BCUT2D eigenvalue weighted by Crippen LogP contribution is 2.24. The maximum Gasteiger partial charge on any atom is 0.113 e. The van der Waals surface area contributed by atoms with Crippen molar-refractivity contribution in [2.24, 2.45) is 0 Å². The minimum Gasteiger partial charge on any atom is -0.299 e. The van der Waals surface area contributed by atoms with Crippen molar-refractivity contribution in [2.45, 2.75) is 38.1 Å². The molecule has 3 heteroatoms. The summed E-state index contributed by atoms with van der Waals surface area (Å²) in [6.07, 6.45) is 0. The van der Waals surface area contributed by atoms with Gasteiger partial charge in [-0.05, 0) is 50.6 Å². The predicted octanol–water partition coefficient (Wildman–Crippen LogP) is 3.29. The number of hydrogen-bond donors (Lipinski definition) is 1. The van der Waals surface area contributed by atoms with E-state index in [2.05, 4.69) is 43.4 Å². The van der Waals surface area contributed by atoms with Crippen molar-refractivity contribution in [3.05, 3.63) is 29.3 Å². The Hall–Kier alpha value is -0.980. The first kappa shape index (κ1) is 14.1. The van der Waals surface area contributed by atoms with Crippen molar-refractivity contribution in [1.29, 1.82) is 5.26 Å². The third-order valence-electron chi connectivity index (χ3n) is 2.82. The van der Waals surface area contributed by atoms with Gasteiger partial charge in [-0.25, -0.2) is 0 Å². The van der Waals surface area contributed by atoms with Gasteiger partial charge in [0.15, 0.2) is 0 Å². The van der Waals surface area contributed by atoms with Crippen LogP contribution in [-0.4, -0.2) is 17.8 Å². The van der Waals surface area contributed by atoms with Crippen LogP contribution in [0.3, 0.4) is 0 Å². The lowest BCUT2D eigenvalue weighted by molar-refractivity contribution is 0.511. The summed E-state index contributed by atoms with van der Waals surface area (Å²) in [5, 5.41) is 12.4. The smallest absolute Gasteiger partial charge is 0.113 e. The first-order valence-corrected chi connectivity index (χ1v) is 6.85. The van der Waals surface area contributed by atoms with E-state index in [-0.39, 0.29) is 0 Å². The molecule has 1 atom stereocenters. The van der Waals surface area contributed by atoms with Crippen LogP contribution in [0.4, 0.5) is 0 Å². The van der Waals surface area contributed by atoms with Crippen molar-refractivity contribution in [2.75, 3.05) is 12.3 Å². The Balaban J connectivity index is 2.66. The van der Waals surface area contributed by atoms with E-state index >= 15 is 0 Å². The number of nitrogens with zero attached hydrogens (tertiary/aromatic N) is 1. The molecule has 0 saturated carbocycles. The molecule has 0 fully saturated rings. The largest absolute Gasteiger partial charge is 0.299 e. The fourth-order valence-corrected chi connectivity index (χ4v) is 2.59. The van der Waals surface area contributed by atoms with Crippen LogP contribution in [0, 0.1) is 25.2 Å². The van der Waals surface area contributed by atoms with E-state index in [1.165, 1.54) is 16.0 Å². The molecule has 1 rings (SSSR count). The van der Waals surface area contributed by atoms with Crippen LogP contribution >= 0.6 is 11.8 Å². The molecular formula is C14H20N2S. The van der Waals surface area contributed by atoms with E-state index in [0.717, 1.165) is 12.3 Å². The third-order valence-corrected chi connectivity index (χ3v) is 4.13. The maximum atomic E-state index is 9.17. The van der Waals surface area contributed by atoms with Crippen molar-refractivity contribution in [1.82, 2.24) is 5.32 Å². The first-order valence-electron chi connectivity index (χ1n) is 5.87. The Morgan fingerprint density at radius 2 is 2.06 bits per heavy atom. The van der Waals surface area contributed by atoms with Crippen LogP contribution in [0.2, 0.25) is 0 Å². The van der Waals surface area contributed by atoms with E-state index < -0.39 is 5.54 Å². The Morgan fingerprint density at radius 3 is 2.59 bits per heavy atom. The van der Waals surface area contributed by atoms with Crippen LogP contribution < -0.4 is 5.32 Å². The molecule has 1 N–H and O–H groups in total. The minimum absolute atomic E-state index is 0.446. The molecule has 0 bridgehead atoms. The predicted molar refractivity (Wildman–Crippen MR) is 74.3 cm³/mol. The molecule has 1 aromatic carbocycles. The quantitative estimate of drug-likeness (QED) is 0.812. The van der Waals surface area contributed by atoms with Gasteiger partial charge >= 0.3 is 0 Å². The summed E-state index contributed by atoms with van der Waals surface area (Å²) in [6.45, 7) is 9.02. The fourth-order valence-electron chi connectivity index (χ4n) is 1.54. The number of nitrogens with one attached hydrogen (secondary N) is 1. The number of thioether (sulfide) groups is 1. The van der Waals surface area contributed by atoms with E-state index in [0.29, 0.717) is 0 Å². The Morgan fingerprint density at radius 1 is 1.35 bits per heavy atom. The Bertz CT molecular complexity index is 423. The van der Waals surface area contributed by atoms with Crippen LogP contribution in [0.1, 0.15) is 25.0 Å². The van der Waals surface area contributed by atoms with Gasteiger partial charge in [-0.15, -0.1) is 11.8 Å². The van der Waals surface area contributed by atoms with E-state index in [1.807, 2.05) is 13.8 Å². The summed E-state index contributed by atoms with van der Waals surface area (Å²) in [5.74, 6) is 0.764. The summed E-state index contributed by atoms with van der Waals surface area (Å²) >= 11 is 1.73. The molecular weight excluding hydrogens is 228 g/mol. The molecule has 17 heavy (non-hydrogen) atoms. The summed E-state index contributed by atoms with van der Waals surface area (Å²) in [5.41, 5.74) is 2.17. The van der Waals surface area contributed by atoms with Gasteiger partial charge in [-0.3, -0.25) is 5.32 Å². The van der Waals surface area contributed by atoms with E-state index in [9.17, 15) is 0 Å². The molecule has 0 aromatic heterocycles. The zero-order valence-corrected chi connectivity index (χ0v) is 11.8. The van der Waals surface area contributed by atoms with E-state index in [1.54, 1.807) is 11.8 Å². The van der Waals surface area contributed by atoms with Crippen LogP contribution in [0.5, 0.6) is 0 Å². The van der Waals surface area contributed by atoms with Gasteiger partial charge in [0.2, 0.25) is 0 Å². The second kappa shape index (κ2) is 6.09. The third kappa shape index (κ3) is 4.07. The molecule has 0 aliphatic heterocycles. The molecule has 0 aliphatic rings. The highest BCUT2D eigenvalue weighted by Gasteiger charge is 2.22. The molecule has 0 radical (unpaired) electrons. The van der Waals surface area contributed by atoms with Gasteiger partial charge in [0, 0.05) is 10.6 Å². The van der Waals surface area contributed by atoms with Gasteiger partial charge in [0.05, 0.1) is 6.07 Å². The summed E-state index contributed by atoms with van der Waals surface area (Å²) < 4.78 is 0. The fraction of sp³-hybridized carbons (Fsp3) is 0.500. The zero-order chi connectivity index (χ0) is 12.9. The number of hydrogen-bond acceptors (Lipinski definition) is 3. The second-order valence-electron chi connectivity index (χ2n) is 4.51. The zero-order valence-electron chi connectivity index (χ0n) is 11.0. The van der Waals surface area contributed by atoms with Gasteiger partial charge in [-0.2, -0.15) is 5.26 Å². The molecule has 0 aliphatic carbocycles. The number of nitriles is 1. The van der Waals surface area contributed by atoms with Crippen molar-refractivity contribution in [3.63, 3.8) is 0 Å². The average Bonchev–Trinajstić information content (AvgIpc) is 2.31. The lowest BCUT2D eigenvalue weighted by atomic mass is 10.1. The molecule has 0 spiro atoms. The second-order valence-corrected chi connectivity index (χ2v) is 5.56. The highest BCUT2D eigenvalue weighted by atomic mass is 32.2. The first-order chi connectivity index (χ1) is 8.00. The van der Waals surface area contributed by atoms with Gasteiger partial charge in [0.25, 0.3) is 0 Å². The number of rotatable bonds is 5. The van der Waals surface area contributed by atoms with Crippen molar-refractivity contribution in [3.8, 4) is 6.07 Å². The Kier molecular flexibility index (Phi) is 5.04. The normalized spacial score (nSPS) is 14.1. The number of aryl methyl sites for hydroxylation is 2. The highest BCUT2D eigenvalue weighted by molar-refractivity contribution is 7.99. The average molecular weight is 248 g/mol. The topological polar surface area (TPSA) is 35.8 Å². The van der Waals surface area contributed by atoms with Gasteiger partial charge in [-0.1, -0.05) is 13.0 Å².